The number of aryl methyl sites for hydroxylation is 2. The first kappa shape index (κ1) is 6.08. The topological polar surface area (TPSA) is 40.2 Å². The van der Waals surface area contributed by atoms with Crippen molar-refractivity contribution < 1.29 is 4.98 Å². The smallest absolute Gasteiger partial charge is 0.270 e. The molecule has 2 nitrogen and oxygen atoms in total. The van der Waals surface area contributed by atoms with Crippen molar-refractivity contribution >= 4 is 5.82 Å². The van der Waals surface area contributed by atoms with Gasteiger partial charge in [0.05, 0.1) is 5.69 Å². The minimum absolute atomic E-state index is 0.729. The minimum atomic E-state index is 0.729. The zero-order valence-corrected chi connectivity index (χ0v) is 5.73. The third-order valence-electron chi connectivity index (χ3n) is 1.17. The van der Waals surface area contributed by atoms with Crippen LogP contribution in [-0.2, 0) is 0 Å². The maximum atomic E-state index is 5.50. The monoisotopic (exact) mass is 123 g/mol. The Bertz CT molecular complexity index is 168. The minimum Gasteiger partial charge on any atom is -0.287 e. The zero-order chi connectivity index (χ0) is 6.85. The van der Waals surface area contributed by atoms with Crippen LogP contribution in [-0.4, -0.2) is 0 Å². The van der Waals surface area contributed by atoms with Crippen molar-refractivity contribution in [3.8, 4) is 0 Å². The van der Waals surface area contributed by atoms with Crippen molar-refractivity contribution in [1.82, 2.24) is 0 Å². The fourth-order valence-corrected chi connectivity index (χ4v) is 0.928. The molecule has 0 aliphatic rings. The maximum absolute atomic E-state index is 5.50. The number of aromatic amines is 1. The van der Waals surface area contributed by atoms with Gasteiger partial charge in [0.15, 0.2) is 0 Å². The van der Waals surface area contributed by atoms with Crippen LogP contribution >= 0.6 is 0 Å². The molecule has 0 bridgehead atoms. The molecule has 0 aliphatic carbocycles. The first-order chi connectivity index (χ1) is 4.18. The van der Waals surface area contributed by atoms with Crippen molar-refractivity contribution in [2.24, 2.45) is 0 Å². The van der Waals surface area contributed by atoms with Gasteiger partial charge in [-0.15, -0.1) is 0 Å². The summed E-state index contributed by atoms with van der Waals surface area (Å²) in [7, 11) is 0. The van der Waals surface area contributed by atoms with E-state index in [4.69, 9.17) is 5.73 Å². The summed E-state index contributed by atoms with van der Waals surface area (Å²) in [6, 6.07) is 3.96. The van der Waals surface area contributed by atoms with E-state index in [2.05, 4.69) is 11.1 Å². The first-order valence-electron chi connectivity index (χ1n) is 2.94. The van der Waals surface area contributed by atoms with Crippen LogP contribution in [0.4, 0.5) is 5.82 Å². The Morgan fingerprint density at radius 2 is 2.00 bits per heavy atom. The maximum Gasteiger partial charge on any atom is 0.270 e. The SMILES string of the molecule is Cc1cc(C)[nH+]c(N)c1. The summed E-state index contributed by atoms with van der Waals surface area (Å²) >= 11 is 0. The fourth-order valence-electron chi connectivity index (χ4n) is 0.928. The van der Waals surface area contributed by atoms with Crippen LogP contribution in [0.5, 0.6) is 0 Å². The van der Waals surface area contributed by atoms with E-state index in [-0.39, 0.29) is 0 Å². The molecule has 0 aliphatic heterocycles. The van der Waals surface area contributed by atoms with Gasteiger partial charge in [0.2, 0.25) is 0 Å². The van der Waals surface area contributed by atoms with Crippen molar-refractivity contribution in [3.63, 3.8) is 0 Å². The molecule has 0 amide bonds. The largest absolute Gasteiger partial charge is 0.287 e. The second-order valence-electron chi connectivity index (χ2n) is 2.30. The molecular weight excluding hydrogens is 112 g/mol. The predicted molar refractivity (Wildman–Crippen MR) is 36.9 cm³/mol. The normalized spacial score (nSPS) is 9.56. The highest BCUT2D eigenvalue weighted by molar-refractivity contribution is 5.26. The summed E-state index contributed by atoms with van der Waals surface area (Å²) in [6.45, 7) is 4.01. The molecule has 1 rings (SSSR count). The quantitative estimate of drug-likeness (QED) is 0.542. The number of pyridine rings is 1. The van der Waals surface area contributed by atoms with E-state index >= 15 is 0 Å². The molecule has 0 fully saturated rings. The molecule has 0 aromatic carbocycles. The van der Waals surface area contributed by atoms with Crippen molar-refractivity contribution in [2.45, 2.75) is 13.8 Å². The third kappa shape index (κ3) is 1.42. The van der Waals surface area contributed by atoms with E-state index in [0.29, 0.717) is 0 Å². The van der Waals surface area contributed by atoms with Crippen LogP contribution in [0.15, 0.2) is 12.1 Å². The van der Waals surface area contributed by atoms with Crippen LogP contribution in [0, 0.1) is 13.8 Å². The summed E-state index contributed by atoms with van der Waals surface area (Å²) in [6.07, 6.45) is 0. The first-order valence-corrected chi connectivity index (χ1v) is 2.94. The molecule has 3 N–H and O–H groups in total. The standard InChI is InChI=1S/C7H10N2/c1-5-3-6(2)9-7(8)4-5/h3-4H,1-2H3,(H2,8,9)/p+1. The van der Waals surface area contributed by atoms with Gasteiger partial charge in [-0.3, -0.25) is 5.73 Å². The van der Waals surface area contributed by atoms with E-state index in [1.807, 2.05) is 19.9 Å². The van der Waals surface area contributed by atoms with Crippen LogP contribution in [0.25, 0.3) is 0 Å². The molecule has 1 aromatic heterocycles. The van der Waals surface area contributed by atoms with Crippen molar-refractivity contribution in [1.29, 1.82) is 0 Å². The number of nitrogens with one attached hydrogen (secondary N) is 1. The second-order valence-corrected chi connectivity index (χ2v) is 2.30. The summed E-state index contributed by atoms with van der Waals surface area (Å²) in [5.41, 5.74) is 7.81. The van der Waals surface area contributed by atoms with E-state index < -0.39 is 0 Å². The fraction of sp³-hybridized carbons (Fsp3) is 0.286. The lowest BCUT2D eigenvalue weighted by atomic mass is 10.2. The molecular formula is C7H11N2+. The van der Waals surface area contributed by atoms with E-state index in [1.54, 1.807) is 0 Å². The van der Waals surface area contributed by atoms with Gasteiger partial charge in [-0.05, 0) is 25.5 Å². The summed E-state index contributed by atoms with van der Waals surface area (Å²) in [5, 5.41) is 0. The number of hydrogen-bond donors (Lipinski definition) is 1. The highest BCUT2D eigenvalue weighted by Gasteiger charge is 1.94. The highest BCUT2D eigenvalue weighted by Crippen LogP contribution is 1.99. The molecule has 9 heavy (non-hydrogen) atoms. The van der Waals surface area contributed by atoms with Gasteiger partial charge in [0.25, 0.3) is 5.82 Å². The Hall–Kier alpha value is -1.05. The van der Waals surface area contributed by atoms with Crippen molar-refractivity contribution in [2.75, 3.05) is 5.73 Å². The average molecular weight is 123 g/mol. The van der Waals surface area contributed by atoms with Gasteiger partial charge >= 0.3 is 0 Å². The number of H-pyrrole nitrogens is 1. The van der Waals surface area contributed by atoms with Gasteiger partial charge in [-0.1, -0.05) is 0 Å². The van der Waals surface area contributed by atoms with E-state index in [9.17, 15) is 0 Å². The molecule has 0 unspecified atom stereocenters. The highest BCUT2D eigenvalue weighted by atomic mass is 14.8. The molecule has 1 aromatic rings. The van der Waals surface area contributed by atoms with Gasteiger partial charge < -0.3 is 0 Å². The molecule has 2 heteroatoms. The van der Waals surface area contributed by atoms with Gasteiger partial charge in [0, 0.05) is 6.07 Å². The summed E-state index contributed by atoms with van der Waals surface area (Å²) in [5.74, 6) is 0.729. The van der Waals surface area contributed by atoms with Crippen LogP contribution in [0.1, 0.15) is 11.3 Å². The van der Waals surface area contributed by atoms with Crippen LogP contribution < -0.4 is 10.7 Å². The van der Waals surface area contributed by atoms with Crippen LogP contribution in [0.2, 0.25) is 0 Å². The van der Waals surface area contributed by atoms with Crippen LogP contribution in [0.3, 0.4) is 0 Å². The Morgan fingerprint density at radius 1 is 1.33 bits per heavy atom. The number of nitrogen functional groups attached to an aromatic ring is 1. The Labute approximate surface area is 54.7 Å². The number of anilines is 1. The van der Waals surface area contributed by atoms with E-state index in [1.165, 1.54) is 5.56 Å². The van der Waals surface area contributed by atoms with Gasteiger partial charge in [-0.2, -0.15) is 0 Å². The number of aromatic nitrogens is 1. The zero-order valence-electron chi connectivity index (χ0n) is 5.73. The van der Waals surface area contributed by atoms with Crippen molar-refractivity contribution in [3.05, 3.63) is 23.4 Å². The summed E-state index contributed by atoms with van der Waals surface area (Å²) < 4.78 is 0. The second kappa shape index (κ2) is 2.05. The lowest BCUT2D eigenvalue weighted by molar-refractivity contribution is -0.370. The Balaban J connectivity index is 3.17. The lowest BCUT2D eigenvalue weighted by Crippen LogP contribution is -2.13. The molecule has 1 heterocycles. The van der Waals surface area contributed by atoms with Gasteiger partial charge in [-0.25, -0.2) is 4.98 Å². The Kier molecular flexibility index (Phi) is 1.39. The number of nitrogens with two attached hydrogens (primary N) is 1. The molecule has 0 spiro atoms. The average Bonchev–Trinajstić information content (AvgIpc) is 1.59. The third-order valence-corrected chi connectivity index (χ3v) is 1.17. The molecule has 0 saturated carbocycles. The molecule has 48 valence electrons. The van der Waals surface area contributed by atoms with E-state index in [0.717, 1.165) is 11.5 Å². The summed E-state index contributed by atoms with van der Waals surface area (Å²) in [4.78, 5) is 2.99. The predicted octanol–water partition coefficient (Wildman–Crippen LogP) is 0.700. The number of rotatable bonds is 0. The lowest BCUT2D eigenvalue weighted by Gasteiger charge is -1.91. The molecule has 0 atom stereocenters. The van der Waals surface area contributed by atoms with Gasteiger partial charge in [0.1, 0.15) is 0 Å². The Morgan fingerprint density at radius 3 is 2.44 bits per heavy atom. The number of hydrogen-bond acceptors (Lipinski definition) is 1. The molecule has 0 saturated heterocycles. The molecule has 0 radical (unpaired) electrons.